The normalized spacial score (nSPS) is 21.6. The van der Waals surface area contributed by atoms with Crippen molar-refractivity contribution >= 4 is 26.9 Å². The molecule has 1 aromatic heterocycles. The van der Waals surface area contributed by atoms with Crippen LogP contribution in [0.4, 0.5) is 0 Å². The Hall–Kier alpha value is -3.05. The Balaban J connectivity index is 1.71. The fraction of sp³-hybridized carbons (Fsp3) is 0.125. The monoisotopic (exact) mass is 446 g/mol. The minimum Gasteiger partial charge on any atom is -0.448 e. The maximum absolute atomic E-state index is 13.0. The van der Waals surface area contributed by atoms with E-state index in [1.54, 1.807) is 6.07 Å². The number of halogens is 1. The zero-order valence-electron chi connectivity index (χ0n) is 15.2. The van der Waals surface area contributed by atoms with Gasteiger partial charge in [-0.1, -0.05) is 58.4 Å². The summed E-state index contributed by atoms with van der Waals surface area (Å²) >= 11 is 3.55. The molecule has 6 rings (SSSR count). The summed E-state index contributed by atoms with van der Waals surface area (Å²) in [6.45, 7) is 0. The number of ether oxygens (including phenoxy) is 2. The molecule has 0 radical (unpaired) electrons. The van der Waals surface area contributed by atoms with Crippen LogP contribution >= 0.6 is 15.9 Å². The van der Waals surface area contributed by atoms with E-state index in [-0.39, 0.29) is 11.5 Å². The second kappa shape index (κ2) is 5.97. The SMILES string of the molecule is O=c1oc2ccccc2c2c1[C@H]1C[C@](c3ccccc3)(Oc3ccc(Br)cc31)O2. The first-order valence-electron chi connectivity index (χ1n) is 9.43. The lowest BCUT2D eigenvalue weighted by Gasteiger charge is -2.46. The molecule has 3 heterocycles. The lowest BCUT2D eigenvalue weighted by molar-refractivity contribution is -0.148. The minimum atomic E-state index is -1.00. The van der Waals surface area contributed by atoms with Gasteiger partial charge in [0.15, 0.2) is 0 Å². The van der Waals surface area contributed by atoms with Crippen LogP contribution in [0.15, 0.2) is 86.5 Å². The van der Waals surface area contributed by atoms with Gasteiger partial charge in [-0.15, -0.1) is 0 Å². The molecular formula is C24H15BrO4. The molecule has 0 N–H and O–H groups in total. The highest BCUT2D eigenvalue weighted by molar-refractivity contribution is 9.10. The van der Waals surface area contributed by atoms with Gasteiger partial charge in [0, 0.05) is 27.9 Å². The Labute approximate surface area is 174 Å². The van der Waals surface area contributed by atoms with Gasteiger partial charge in [0.1, 0.15) is 17.1 Å². The lowest BCUT2D eigenvalue weighted by Crippen LogP contribution is -2.48. The van der Waals surface area contributed by atoms with Crippen molar-refractivity contribution in [2.24, 2.45) is 0 Å². The molecule has 2 atom stereocenters. The summed E-state index contributed by atoms with van der Waals surface area (Å²) in [4.78, 5) is 13.0. The van der Waals surface area contributed by atoms with Gasteiger partial charge in [-0.25, -0.2) is 4.79 Å². The van der Waals surface area contributed by atoms with Crippen molar-refractivity contribution in [3.05, 3.63) is 104 Å². The number of rotatable bonds is 1. The average molecular weight is 447 g/mol. The second-order valence-corrected chi connectivity index (χ2v) is 8.31. The molecular weight excluding hydrogens is 432 g/mol. The second-order valence-electron chi connectivity index (χ2n) is 7.39. The van der Waals surface area contributed by atoms with Crippen LogP contribution in [0.1, 0.15) is 29.0 Å². The van der Waals surface area contributed by atoms with Crippen molar-refractivity contribution in [2.75, 3.05) is 0 Å². The van der Waals surface area contributed by atoms with Crippen LogP contribution < -0.4 is 15.1 Å². The van der Waals surface area contributed by atoms with Crippen LogP contribution in [-0.4, -0.2) is 0 Å². The molecule has 3 aromatic carbocycles. The number of hydrogen-bond donors (Lipinski definition) is 0. The van der Waals surface area contributed by atoms with Gasteiger partial charge in [0.2, 0.25) is 0 Å². The van der Waals surface area contributed by atoms with Crippen LogP contribution in [0.25, 0.3) is 11.0 Å². The summed E-state index contributed by atoms with van der Waals surface area (Å²) in [6.07, 6.45) is 0.497. The fourth-order valence-corrected chi connectivity index (χ4v) is 4.82. The molecule has 29 heavy (non-hydrogen) atoms. The van der Waals surface area contributed by atoms with Gasteiger partial charge >= 0.3 is 5.63 Å². The van der Waals surface area contributed by atoms with Crippen LogP contribution in [0.2, 0.25) is 0 Å². The van der Waals surface area contributed by atoms with Gasteiger partial charge < -0.3 is 13.9 Å². The third-order valence-corrected chi connectivity index (χ3v) is 6.22. The summed E-state index contributed by atoms with van der Waals surface area (Å²) in [6, 6.07) is 23.2. The molecule has 2 bridgehead atoms. The van der Waals surface area contributed by atoms with Crippen LogP contribution in [0, 0.1) is 0 Å². The van der Waals surface area contributed by atoms with E-state index < -0.39 is 5.79 Å². The Kier molecular flexibility index (Phi) is 3.47. The summed E-state index contributed by atoms with van der Waals surface area (Å²) in [5.74, 6) is 0.0613. The third-order valence-electron chi connectivity index (χ3n) is 5.72. The first kappa shape index (κ1) is 16.9. The van der Waals surface area contributed by atoms with Gasteiger partial charge in [0.05, 0.1) is 10.9 Å². The van der Waals surface area contributed by atoms with Crippen molar-refractivity contribution in [3.8, 4) is 11.5 Å². The maximum Gasteiger partial charge on any atom is 0.343 e. The summed E-state index contributed by atoms with van der Waals surface area (Å²) in [5, 5.41) is 0.772. The molecule has 0 spiro atoms. The molecule has 2 aliphatic heterocycles. The average Bonchev–Trinajstić information content (AvgIpc) is 2.75. The maximum atomic E-state index is 13.0. The number of fused-ring (bicyclic) bond motifs is 8. The van der Waals surface area contributed by atoms with E-state index in [9.17, 15) is 4.79 Å². The van der Waals surface area contributed by atoms with Crippen LogP contribution in [0.5, 0.6) is 11.5 Å². The Morgan fingerprint density at radius 1 is 0.931 bits per heavy atom. The fourth-order valence-electron chi connectivity index (χ4n) is 4.44. The first-order valence-corrected chi connectivity index (χ1v) is 10.2. The molecule has 4 nitrogen and oxygen atoms in total. The molecule has 142 valence electrons. The van der Waals surface area contributed by atoms with E-state index in [1.807, 2.05) is 66.7 Å². The number of benzene rings is 3. The van der Waals surface area contributed by atoms with Crippen molar-refractivity contribution in [3.63, 3.8) is 0 Å². The minimum absolute atomic E-state index is 0.193. The molecule has 4 aromatic rings. The quantitative estimate of drug-likeness (QED) is 0.351. The predicted octanol–water partition coefficient (Wildman–Crippen LogP) is 5.72. The Bertz CT molecular complexity index is 1330. The molecule has 2 aliphatic rings. The van der Waals surface area contributed by atoms with Crippen LogP contribution in [-0.2, 0) is 5.79 Å². The van der Waals surface area contributed by atoms with Gasteiger partial charge in [0.25, 0.3) is 5.79 Å². The third kappa shape index (κ3) is 2.40. The Morgan fingerprint density at radius 3 is 2.59 bits per heavy atom. The molecule has 0 saturated heterocycles. The van der Waals surface area contributed by atoms with E-state index in [2.05, 4.69) is 15.9 Å². The van der Waals surface area contributed by atoms with E-state index in [1.165, 1.54) is 0 Å². The highest BCUT2D eigenvalue weighted by atomic mass is 79.9. The highest BCUT2D eigenvalue weighted by Crippen LogP contribution is 2.55. The molecule has 0 saturated carbocycles. The first-order chi connectivity index (χ1) is 14.1. The largest absolute Gasteiger partial charge is 0.448 e. The predicted molar refractivity (Wildman–Crippen MR) is 112 cm³/mol. The van der Waals surface area contributed by atoms with Crippen molar-refractivity contribution < 1.29 is 13.9 Å². The van der Waals surface area contributed by atoms with Crippen molar-refractivity contribution in [1.82, 2.24) is 0 Å². The smallest absolute Gasteiger partial charge is 0.343 e. The molecule has 0 fully saturated rings. The summed E-state index contributed by atoms with van der Waals surface area (Å²) < 4.78 is 19.6. The molecule has 0 unspecified atom stereocenters. The number of para-hydroxylation sites is 1. The van der Waals surface area contributed by atoms with E-state index in [0.717, 1.165) is 21.0 Å². The van der Waals surface area contributed by atoms with E-state index in [0.29, 0.717) is 29.1 Å². The molecule has 0 amide bonds. The lowest BCUT2D eigenvalue weighted by atomic mass is 9.78. The topological polar surface area (TPSA) is 48.7 Å². The summed E-state index contributed by atoms with van der Waals surface area (Å²) in [5.41, 5.74) is 2.57. The number of hydrogen-bond acceptors (Lipinski definition) is 4. The van der Waals surface area contributed by atoms with E-state index >= 15 is 0 Å². The molecule has 5 heteroatoms. The zero-order valence-corrected chi connectivity index (χ0v) is 16.8. The zero-order chi connectivity index (χ0) is 19.6. The van der Waals surface area contributed by atoms with Gasteiger partial charge in [-0.3, -0.25) is 0 Å². The summed E-state index contributed by atoms with van der Waals surface area (Å²) in [7, 11) is 0. The van der Waals surface area contributed by atoms with E-state index in [4.69, 9.17) is 13.9 Å². The standard InChI is InChI=1S/C24H15BrO4/c25-15-10-11-20-17(12-15)18-13-24(28-20,14-6-2-1-3-7-14)29-22-16-8-4-5-9-19(16)27-23(26)21(18)22/h1-12,18H,13H2/t18-,24-/m0/s1. The van der Waals surface area contributed by atoms with Crippen LogP contribution in [0.3, 0.4) is 0 Å². The Morgan fingerprint density at radius 2 is 1.72 bits per heavy atom. The van der Waals surface area contributed by atoms with Crippen molar-refractivity contribution in [2.45, 2.75) is 18.1 Å². The molecule has 0 aliphatic carbocycles. The van der Waals surface area contributed by atoms with Gasteiger partial charge in [-0.2, -0.15) is 0 Å². The van der Waals surface area contributed by atoms with Gasteiger partial charge in [-0.05, 0) is 30.3 Å². The van der Waals surface area contributed by atoms with Crippen molar-refractivity contribution in [1.29, 1.82) is 0 Å². The highest BCUT2D eigenvalue weighted by Gasteiger charge is 2.51.